The van der Waals surface area contributed by atoms with E-state index in [9.17, 15) is 33.8 Å². The van der Waals surface area contributed by atoms with Gasteiger partial charge in [-0.3, -0.25) is 0 Å². The summed E-state index contributed by atoms with van der Waals surface area (Å²) in [6.07, 6.45) is -0.134. The van der Waals surface area contributed by atoms with E-state index in [2.05, 4.69) is 10.00 Å². The maximum absolute atomic E-state index is 13.0. The van der Waals surface area contributed by atoms with E-state index in [0.717, 1.165) is 32.1 Å². The Bertz CT molecular complexity index is 359. The van der Waals surface area contributed by atoms with Crippen molar-refractivity contribution in [1.82, 2.24) is 0 Å². The van der Waals surface area contributed by atoms with Crippen LogP contribution in [0.3, 0.4) is 0 Å². The first-order chi connectivity index (χ1) is 10.5. The molecule has 0 rings (SSSR count). The summed E-state index contributed by atoms with van der Waals surface area (Å²) in [7, 11) is 0. The second-order valence-electron chi connectivity index (χ2n) is 5.30. The van der Waals surface area contributed by atoms with Crippen molar-refractivity contribution in [3.8, 4) is 0 Å². The number of hydrogen-bond donors (Lipinski definition) is 0. The van der Waals surface area contributed by atoms with Crippen molar-refractivity contribution in [1.29, 1.82) is 0 Å². The molecule has 2 nitrogen and oxygen atoms in total. The van der Waals surface area contributed by atoms with Crippen LogP contribution >= 0.6 is 0 Å². The van der Waals surface area contributed by atoms with Gasteiger partial charge in [0.1, 0.15) is 0 Å². The van der Waals surface area contributed by atoms with Crippen LogP contribution in [0.1, 0.15) is 51.9 Å². The van der Waals surface area contributed by atoms with Gasteiger partial charge in [-0.15, -0.1) is 0 Å². The summed E-state index contributed by atoms with van der Waals surface area (Å²) in [5, 5.41) is 0. The predicted octanol–water partition coefficient (Wildman–Crippen LogP) is 5.51. The van der Waals surface area contributed by atoms with Gasteiger partial charge in [0.05, 0.1) is 0 Å². The number of halogens is 7. The van der Waals surface area contributed by atoms with Gasteiger partial charge in [-0.1, -0.05) is 0 Å². The summed E-state index contributed by atoms with van der Waals surface area (Å²) in [5.41, 5.74) is 0. The van der Waals surface area contributed by atoms with E-state index in [1.807, 2.05) is 0 Å². The van der Waals surface area contributed by atoms with Gasteiger partial charge in [0, 0.05) is 0 Å². The summed E-state index contributed by atoms with van der Waals surface area (Å²) in [6.45, 7) is 1.91. The first kappa shape index (κ1) is 23.1. The molecule has 0 saturated heterocycles. The fourth-order valence-corrected chi connectivity index (χ4v) is 4.82. The monoisotopic (exact) mass is 462 g/mol. The number of hydrogen-bond acceptors (Lipinski definition) is 2. The third kappa shape index (κ3) is 8.13. The van der Waals surface area contributed by atoms with Gasteiger partial charge in [-0.05, 0) is 0 Å². The van der Waals surface area contributed by atoms with E-state index >= 15 is 0 Å². The van der Waals surface area contributed by atoms with Crippen molar-refractivity contribution in [3.05, 3.63) is 0 Å². The summed E-state index contributed by atoms with van der Waals surface area (Å²) in [6, 6.07) is 0. The molecule has 0 aromatic heterocycles. The van der Waals surface area contributed by atoms with Gasteiger partial charge >= 0.3 is 138 Å². The molecule has 0 spiro atoms. The zero-order valence-electron chi connectivity index (χ0n) is 12.8. The van der Waals surface area contributed by atoms with Crippen LogP contribution in [-0.2, 0) is 6.15 Å². The molecule has 0 unspecified atom stereocenters. The Morgan fingerprint density at radius 3 is 1.78 bits per heavy atom. The van der Waals surface area contributed by atoms with Crippen LogP contribution < -0.4 is 0 Å². The van der Waals surface area contributed by atoms with E-state index in [-0.39, 0.29) is 6.61 Å². The molecule has 0 aromatic carbocycles. The van der Waals surface area contributed by atoms with Crippen LogP contribution in [0.15, 0.2) is 0 Å². The summed E-state index contributed by atoms with van der Waals surface area (Å²) < 4.78 is 101. The number of alkyl halides is 7. The zero-order chi connectivity index (χ0) is 18.1. The van der Waals surface area contributed by atoms with Crippen LogP contribution in [0, 0.1) is 0 Å². The molecular formula is C13H21F7O2Sn. The maximum atomic E-state index is 13.0. The van der Waals surface area contributed by atoms with Crippen LogP contribution in [0.25, 0.3) is 0 Å². The van der Waals surface area contributed by atoms with Gasteiger partial charge in [0.25, 0.3) is 0 Å². The van der Waals surface area contributed by atoms with Crippen molar-refractivity contribution in [2.24, 2.45) is 0 Å². The normalized spacial score (nSPS) is 13.4. The van der Waals surface area contributed by atoms with Crippen molar-refractivity contribution in [2.45, 2.75) is 74.3 Å². The number of rotatable bonds is 12. The third-order valence-corrected chi connectivity index (χ3v) is 6.79. The summed E-state index contributed by atoms with van der Waals surface area (Å²) in [5.74, 6) is -11.6. The molecule has 0 saturated carbocycles. The Kier molecular flexibility index (Phi) is 10.2. The van der Waals surface area contributed by atoms with Crippen molar-refractivity contribution < 1.29 is 36.9 Å². The Hall–Kier alpha value is 0.0687. The third-order valence-electron chi connectivity index (χ3n) is 3.19. The zero-order valence-corrected chi connectivity index (χ0v) is 15.7. The Labute approximate surface area is 138 Å². The SMILES string of the molecule is CCCCCCCCC[O][Sn](=[O])[CH2]C(F)(F)C(F)(F)C(F)(F)F. The predicted molar refractivity (Wildman–Crippen MR) is 71.1 cm³/mol. The quantitative estimate of drug-likeness (QED) is 0.218. The molecule has 0 aliphatic heterocycles. The molecular weight excluding hydrogens is 440 g/mol. The average Bonchev–Trinajstić information content (AvgIpc) is 2.39. The van der Waals surface area contributed by atoms with E-state index < -0.39 is 42.6 Å². The molecule has 0 aliphatic carbocycles. The van der Waals surface area contributed by atoms with Crippen molar-refractivity contribution >= 4 is 20.2 Å². The molecule has 0 bridgehead atoms. The average molecular weight is 461 g/mol. The molecule has 0 N–H and O–H groups in total. The topological polar surface area (TPSA) is 26.3 Å². The molecule has 0 radical (unpaired) electrons. The van der Waals surface area contributed by atoms with E-state index in [1.54, 1.807) is 0 Å². The number of unbranched alkanes of at least 4 members (excludes halogenated alkanes) is 6. The fourth-order valence-electron chi connectivity index (χ4n) is 1.80. The van der Waals surface area contributed by atoms with Gasteiger partial charge in [0.15, 0.2) is 0 Å². The Morgan fingerprint density at radius 2 is 1.30 bits per heavy atom. The molecule has 0 aliphatic rings. The summed E-state index contributed by atoms with van der Waals surface area (Å²) >= 11 is -4.64. The van der Waals surface area contributed by atoms with Crippen LogP contribution in [-0.4, -0.2) is 44.8 Å². The van der Waals surface area contributed by atoms with E-state index in [0.29, 0.717) is 12.8 Å². The summed E-state index contributed by atoms with van der Waals surface area (Å²) in [4.78, 5) is 0. The molecule has 0 aromatic rings. The second kappa shape index (κ2) is 10.1. The van der Waals surface area contributed by atoms with E-state index in [4.69, 9.17) is 0 Å². The molecule has 23 heavy (non-hydrogen) atoms. The Balaban J connectivity index is 4.06. The van der Waals surface area contributed by atoms with Crippen molar-refractivity contribution in [3.63, 3.8) is 0 Å². The molecule has 138 valence electrons. The fraction of sp³-hybridized carbons (Fsp3) is 1.00. The first-order valence-corrected chi connectivity index (χ1v) is 11.8. The first-order valence-electron chi connectivity index (χ1n) is 7.43. The minimum atomic E-state index is -6.39. The van der Waals surface area contributed by atoms with Crippen LogP contribution in [0.4, 0.5) is 30.7 Å². The molecule has 0 heterocycles. The second-order valence-corrected chi connectivity index (χ2v) is 9.25. The van der Waals surface area contributed by atoms with Gasteiger partial charge in [-0.25, -0.2) is 0 Å². The van der Waals surface area contributed by atoms with Crippen LogP contribution in [0.5, 0.6) is 0 Å². The van der Waals surface area contributed by atoms with Gasteiger partial charge in [-0.2, -0.15) is 0 Å². The van der Waals surface area contributed by atoms with E-state index in [1.165, 1.54) is 0 Å². The van der Waals surface area contributed by atoms with Crippen molar-refractivity contribution in [2.75, 3.05) is 6.61 Å². The standard InChI is InChI=1S/C9H19O.C4H2F7.O.Sn/c1-2-3-4-5-6-7-8-9-10;1-2(5,6)3(7,8)4(9,10)11;;/h2-9H2,1H3;1H2;;/q-1;;;+1. The molecule has 0 fully saturated rings. The van der Waals surface area contributed by atoms with Crippen LogP contribution in [0.2, 0.25) is 4.44 Å². The van der Waals surface area contributed by atoms with Gasteiger partial charge < -0.3 is 0 Å². The Morgan fingerprint density at radius 1 is 0.826 bits per heavy atom. The molecule has 10 heteroatoms. The molecule has 0 atom stereocenters. The van der Waals surface area contributed by atoms with Gasteiger partial charge in [0.2, 0.25) is 0 Å². The minimum absolute atomic E-state index is 0.153. The molecule has 0 amide bonds.